The van der Waals surface area contributed by atoms with E-state index in [1.165, 1.54) is 22.7 Å². The van der Waals surface area contributed by atoms with Crippen LogP contribution in [0.15, 0.2) is 35.4 Å². The first-order valence-electron chi connectivity index (χ1n) is 10.3. The van der Waals surface area contributed by atoms with Gasteiger partial charge in [-0.15, -0.1) is 11.3 Å². The Morgan fingerprint density at radius 2 is 2.17 bits per heavy atom. The monoisotopic (exact) mass is 423 g/mol. The summed E-state index contributed by atoms with van der Waals surface area (Å²) in [5, 5.41) is 3.52. The van der Waals surface area contributed by atoms with Crippen LogP contribution in [-0.2, 0) is 17.6 Å². The molecule has 0 aliphatic heterocycles. The van der Waals surface area contributed by atoms with Gasteiger partial charge in [0.1, 0.15) is 10.9 Å². The Balaban J connectivity index is 1.68. The molecule has 2 heterocycles. The highest BCUT2D eigenvalue weighted by Crippen LogP contribution is 2.35. The van der Waals surface area contributed by atoms with E-state index in [1.807, 2.05) is 6.92 Å². The van der Waals surface area contributed by atoms with E-state index in [-0.39, 0.29) is 17.2 Å². The summed E-state index contributed by atoms with van der Waals surface area (Å²) in [6.45, 7) is 5.59. The number of nitrogens with zero attached hydrogens (tertiary/aromatic N) is 2. The summed E-state index contributed by atoms with van der Waals surface area (Å²) in [6.07, 6.45) is 4.89. The fraction of sp³-hybridized carbons (Fsp3) is 0.391. The zero-order valence-corrected chi connectivity index (χ0v) is 18.2. The quantitative estimate of drug-likeness (QED) is 0.618. The number of aryl methyl sites for hydroxylation is 1. The van der Waals surface area contributed by atoms with Crippen LogP contribution in [0.3, 0.4) is 0 Å². The molecule has 3 aromatic rings. The smallest absolute Gasteiger partial charge is 0.263 e. The van der Waals surface area contributed by atoms with Crippen molar-refractivity contribution < 1.29 is 9.59 Å². The van der Waals surface area contributed by atoms with Crippen LogP contribution in [0.2, 0.25) is 0 Å². The standard InChI is InChI=1S/C23H25N3O3S/c1-4-18(21(28)25-16-7-5-6-15(11-16)14(3)27)26-12-24-22-20(23(26)29)17-9-8-13(2)10-19(17)30-22/h5-7,11-13,18H,4,8-10H2,1-3H3,(H,25,28). The summed E-state index contributed by atoms with van der Waals surface area (Å²) in [4.78, 5) is 44.5. The fourth-order valence-electron chi connectivity index (χ4n) is 4.12. The maximum Gasteiger partial charge on any atom is 0.263 e. The summed E-state index contributed by atoms with van der Waals surface area (Å²) in [5.74, 6) is 0.257. The van der Waals surface area contributed by atoms with Crippen molar-refractivity contribution in [3.63, 3.8) is 0 Å². The van der Waals surface area contributed by atoms with Crippen molar-refractivity contribution in [2.45, 2.75) is 52.5 Å². The second-order valence-corrected chi connectivity index (χ2v) is 9.12. The van der Waals surface area contributed by atoms with Crippen LogP contribution in [0.5, 0.6) is 0 Å². The van der Waals surface area contributed by atoms with Crippen molar-refractivity contribution in [1.82, 2.24) is 9.55 Å². The molecule has 0 bridgehead atoms. The number of hydrogen-bond acceptors (Lipinski definition) is 5. The number of benzene rings is 1. The largest absolute Gasteiger partial charge is 0.324 e. The minimum absolute atomic E-state index is 0.0689. The molecule has 7 heteroatoms. The molecule has 0 saturated carbocycles. The van der Waals surface area contributed by atoms with E-state index in [0.717, 1.165) is 29.7 Å². The molecule has 1 aromatic carbocycles. The summed E-state index contributed by atoms with van der Waals surface area (Å²) >= 11 is 1.60. The molecule has 0 saturated heterocycles. The molecule has 1 N–H and O–H groups in total. The molecule has 1 aliphatic rings. The predicted molar refractivity (Wildman–Crippen MR) is 119 cm³/mol. The lowest BCUT2D eigenvalue weighted by Gasteiger charge is -2.19. The number of fused-ring (bicyclic) bond motifs is 3. The summed E-state index contributed by atoms with van der Waals surface area (Å²) < 4.78 is 1.46. The molecular formula is C23H25N3O3S. The van der Waals surface area contributed by atoms with Gasteiger partial charge < -0.3 is 5.32 Å². The number of rotatable bonds is 5. The van der Waals surface area contributed by atoms with Gasteiger partial charge in [-0.2, -0.15) is 0 Å². The van der Waals surface area contributed by atoms with Crippen molar-refractivity contribution in [2.24, 2.45) is 5.92 Å². The first-order valence-corrected chi connectivity index (χ1v) is 11.1. The van der Waals surface area contributed by atoms with E-state index >= 15 is 0 Å². The third-order valence-electron chi connectivity index (χ3n) is 5.80. The first kappa shape index (κ1) is 20.5. The third kappa shape index (κ3) is 3.69. The highest BCUT2D eigenvalue weighted by atomic mass is 32.1. The van der Waals surface area contributed by atoms with Gasteiger partial charge in [0.2, 0.25) is 5.91 Å². The van der Waals surface area contributed by atoms with E-state index in [2.05, 4.69) is 17.2 Å². The zero-order chi connectivity index (χ0) is 21.4. The predicted octanol–water partition coefficient (Wildman–Crippen LogP) is 4.38. The third-order valence-corrected chi connectivity index (χ3v) is 6.96. The van der Waals surface area contributed by atoms with Crippen molar-refractivity contribution in [2.75, 3.05) is 5.32 Å². The summed E-state index contributed by atoms with van der Waals surface area (Å²) in [5.41, 5.74) is 2.03. The first-order chi connectivity index (χ1) is 14.4. The van der Waals surface area contributed by atoms with Crippen LogP contribution in [0.25, 0.3) is 10.2 Å². The molecule has 2 aromatic heterocycles. The van der Waals surface area contributed by atoms with Crippen LogP contribution in [0, 0.1) is 5.92 Å². The fourth-order valence-corrected chi connectivity index (χ4v) is 5.46. The highest BCUT2D eigenvalue weighted by Gasteiger charge is 2.26. The van der Waals surface area contributed by atoms with Crippen LogP contribution >= 0.6 is 11.3 Å². The van der Waals surface area contributed by atoms with Gasteiger partial charge in [-0.3, -0.25) is 19.0 Å². The Morgan fingerprint density at radius 3 is 2.90 bits per heavy atom. The minimum Gasteiger partial charge on any atom is -0.324 e. The number of aromatic nitrogens is 2. The van der Waals surface area contributed by atoms with E-state index < -0.39 is 6.04 Å². The number of Topliss-reactive ketones (excluding diaryl/α,β-unsaturated/α-hetero) is 1. The second-order valence-electron chi connectivity index (χ2n) is 8.04. The Labute approximate surface area is 179 Å². The number of carbonyl (C=O) groups is 2. The average molecular weight is 424 g/mol. The number of nitrogens with one attached hydrogen (secondary N) is 1. The topological polar surface area (TPSA) is 81.1 Å². The Bertz CT molecular complexity index is 1190. The van der Waals surface area contributed by atoms with E-state index in [4.69, 9.17) is 0 Å². The molecule has 4 rings (SSSR count). The lowest BCUT2D eigenvalue weighted by Crippen LogP contribution is -2.33. The van der Waals surface area contributed by atoms with Crippen molar-refractivity contribution >= 4 is 38.9 Å². The number of amides is 1. The van der Waals surface area contributed by atoms with Gasteiger partial charge in [0, 0.05) is 16.1 Å². The molecular weight excluding hydrogens is 398 g/mol. The van der Waals surface area contributed by atoms with Gasteiger partial charge in [-0.1, -0.05) is 26.0 Å². The van der Waals surface area contributed by atoms with Crippen LogP contribution in [0.1, 0.15) is 60.5 Å². The molecule has 156 valence electrons. The van der Waals surface area contributed by atoms with Gasteiger partial charge in [-0.25, -0.2) is 4.98 Å². The SMILES string of the molecule is CCC(C(=O)Nc1cccc(C(C)=O)c1)n1cnc2sc3c(c2c1=O)CCC(C)C3. The number of ketones is 1. The van der Waals surface area contributed by atoms with Crippen LogP contribution < -0.4 is 10.9 Å². The minimum atomic E-state index is -0.673. The molecule has 0 fully saturated rings. The molecule has 1 aliphatic carbocycles. The Kier molecular flexibility index (Phi) is 5.56. The molecule has 2 atom stereocenters. The van der Waals surface area contributed by atoms with Crippen LogP contribution in [-0.4, -0.2) is 21.2 Å². The summed E-state index contributed by atoms with van der Waals surface area (Å²) in [6, 6.07) is 6.14. The lowest BCUT2D eigenvalue weighted by molar-refractivity contribution is -0.119. The number of thiophene rings is 1. The number of carbonyl (C=O) groups excluding carboxylic acids is 2. The molecule has 1 amide bonds. The van der Waals surface area contributed by atoms with Gasteiger partial charge in [0.05, 0.1) is 11.7 Å². The van der Waals surface area contributed by atoms with Gasteiger partial charge >= 0.3 is 0 Å². The van der Waals surface area contributed by atoms with Crippen molar-refractivity contribution in [3.05, 3.63) is 57.0 Å². The molecule has 0 radical (unpaired) electrons. The maximum atomic E-state index is 13.3. The number of anilines is 1. The van der Waals surface area contributed by atoms with Crippen molar-refractivity contribution in [1.29, 1.82) is 0 Å². The van der Waals surface area contributed by atoms with E-state index in [0.29, 0.717) is 29.0 Å². The Hall–Kier alpha value is -2.80. The molecule has 2 unspecified atom stereocenters. The van der Waals surface area contributed by atoms with E-state index in [9.17, 15) is 14.4 Å². The van der Waals surface area contributed by atoms with Crippen molar-refractivity contribution in [3.8, 4) is 0 Å². The van der Waals surface area contributed by atoms with E-state index in [1.54, 1.807) is 35.6 Å². The highest BCUT2D eigenvalue weighted by molar-refractivity contribution is 7.18. The lowest BCUT2D eigenvalue weighted by atomic mass is 9.89. The second kappa shape index (κ2) is 8.14. The Morgan fingerprint density at radius 1 is 1.37 bits per heavy atom. The molecule has 0 spiro atoms. The normalized spacial score (nSPS) is 16.8. The summed E-state index contributed by atoms with van der Waals surface area (Å²) in [7, 11) is 0. The molecule has 30 heavy (non-hydrogen) atoms. The number of hydrogen-bond donors (Lipinski definition) is 1. The molecule has 6 nitrogen and oxygen atoms in total. The maximum absolute atomic E-state index is 13.3. The van der Waals surface area contributed by atoms with Gasteiger partial charge in [-0.05, 0) is 56.2 Å². The van der Waals surface area contributed by atoms with Gasteiger partial charge in [0.15, 0.2) is 5.78 Å². The van der Waals surface area contributed by atoms with Crippen LogP contribution in [0.4, 0.5) is 5.69 Å². The average Bonchev–Trinajstić information content (AvgIpc) is 3.08. The zero-order valence-electron chi connectivity index (χ0n) is 17.4. The van der Waals surface area contributed by atoms with Gasteiger partial charge in [0.25, 0.3) is 5.56 Å².